The van der Waals surface area contributed by atoms with Gasteiger partial charge in [0.05, 0.1) is 6.61 Å². The van der Waals surface area contributed by atoms with Gasteiger partial charge < -0.3 is 15.2 Å². The van der Waals surface area contributed by atoms with Gasteiger partial charge in [-0.3, -0.25) is 0 Å². The maximum Gasteiger partial charge on any atom is 0.331 e. The van der Waals surface area contributed by atoms with Crippen molar-refractivity contribution in [1.82, 2.24) is 0 Å². The van der Waals surface area contributed by atoms with E-state index in [1.807, 2.05) is 6.92 Å². The molecule has 0 spiro atoms. The molecule has 1 aromatic rings. The van der Waals surface area contributed by atoms with Crippen LogP contribution in [0.3, 0.4) is 0 Å². The zero-order chi connectivity index (χ0) is 12.9. The second kappa shape index (κ2) is 5.89. The van der Waals surface area contributed by atoms with Crippen LogP contribution in [-0.4, -0.2) is 29.8 Å². The number of ether oxygens (including phenoxy) is 1. The van der Waals surface area contributed by atoms with Crippen LogP contribution >= 0.6 is 11.6 Å². The Balaban J connectivity index is 2.79. The van der Waals surface area contributed by atoms with Crippen molar-refractivity contribution in [1.29, 1.82) is 0 Å². The van der Waals surface area contributed by atoms with Crippen molar-refractivity contribution >= 4 is 23.3 Å². The van der Waals surface area contributed by atoms with Gasteiger partial charge in [-0.05, 0) is 38.1 Å². The summed E-state index contributed by atoms with van der Waals surface area (Å²) in [5.41, 5.74) is -0.455. The molecule has 1 rings (SSSR count). The molecule has 0 saturated heterocycles. The van der Waals surface area contributed by atoms with Gasteiger partial charge in [0, 0.05) is 17.3 Å². The first-order chi connectivity index (χ1) is 7.98. The summed E-state index contributed by atoms with van der Waals surface area (Å²) in [5.74, 6) is -0.957. The van der Waals surface area contributed by atoms with Gasteiger partial charge in [-0.2, -0.15) is 0 Å². The normalized spacial score (nSPS) is 14.1. The van der Waals surface area contributed by atoms with Crippen LogP contribution < -0.4 is 5.32 Å². The van der Waals surface area contributed by atoms with Gasteiger partial charge >= 0.3 is 5.97 Å². The summed E-state index contributed by atoms with van der Waals surface area (Å²) in [4.78, 5) is 11.2. The molecule has 0 aliphatic heterocycles. The molecule has 2 N–H and O–H groups in total. The topological polar surface area (TPSA) is 58.6 Å². The van der Waals surface area contributed by atoms with E-state index < -0.39 is 11.5 Å². The predicted molar refractivity (Wildman–Crippen MR) is 67.6 cm³/mol. The molecule has 0 aliphatic rings. The highest BCUT2D eigenvalue weighted by molar-refractivity contribution is 6.30. The van der Waals surface area contributed by atoms with Gasteiger partial charge in [-0.25, -0.2) is 4.79 Å². The molecule has 0 fully saturated rings. The van der Waals surface area contributed by atoms with E-state index >= 15 is 0 Å². The Morgan fingerprint density at radius 1 is 1.47 bits per heavy atom. The van der Waals surface area contributed by atoms with E-state index in [9.17, 15) is 9.90 Å². The average Bonchev–Trinajstić information content (AvgIpc) is 2.29. The molecule has 94 valence electrons. The van der Waals surface area contributed by atoms with E-state index in [2.05, 4.69) is 5.32 Å². The van der Waals surface area contributed by atoms with E-state index in [1.165, 1.54) is 0 Å². The fraction of sp³-hybridized carbons (Fsp3) is 0.417. The maximum atomic E-state index is 11.2. The Bertz CT molecular complexity index is 380. The lowest BCUT2D eigenvalue weighted by molar-refractivity contribution is -0.143. The van der Waals surface area contributed by atoms with Crippen LogP contribution in [0.4, 0.5) is 5.69 Å². The first kappa shape index (κ1) is 13.8. The van der Waals surface area contributed by atoms with Crippen molar-refractivity contribution in [3.05, 3.63) is 29.3 Å². The molecule has 1 atom stereocenters. The van der Waals surface area contributed by atoms with Crippen molar-refractivity contribution in [2.75, 3.05) is 18.5 Å². The summed E-state index contributed by atoms with van der Waals surface area (Å²) >= 11 is 5.76. The smallest absolute Gasteiger partial charge is 0.331 e. The fourth-order valence-corrected chi connectivity index (χ4v) is 1.44. The summed E-state index contributed by atoms with van der Waals surface area (Å²) in [5, 5.41) is 12.7. The van der Waals surface area contributed by atoms with Crippen LogP contribution in [0.25, 0.3) is 0 Å². The van der Waals surface area contributed by atoms with Crippen LogP contribution in [0, 0.1) is 0 Å². The third-order valence-corrected chi connectivity index (χ3v) is 2.58. The summed E-state index contributed by atoms with van der Waals surface area (Å²) in [6.07, 6.45) is 0. The van der Waals surface area contributed by atoms with Gasteiger partial charge in [0.1, 0.15) is 0 Å². The molecule has 0 radical (unpaired) electrons. The number of rotatable bonds is 6. The zero-order valence-corrected chi connectivity index (χ0v) is 10.6. The van der Waals surface area contributed by atoms with Crippen LogP contribution in [0.5, 0.6) is 0 Å². The summed E-state index contributed by atoms with van der Waals surface area (Å²) in [7, 11) is 0. The second-order valence-electron chi connectivity index (χ2n) is 3.91. The number of benzene rings is 1. The highest BCUT2D eigenvalue weighted by atomic mass is 35.5. The molecule has 4 nitrogen and oxygen atoms in total. The number of aliphatic carboxylic acids is 1. The monoisotopic (exact) mass is 257 g/mol. The molecule has 0 heterocycles. The summed E-state index contributed by atoms with van der Waals surface area (Å²) in [6, 6.07) is 6.87. The summed E-state index contributed by atoms with van der Waals surface area (Å²) in [6.45, 7) is 3.98. The zero-order valence-electron chi connectivity index (χ0n) is 9.87. The minimum absolute atomic E-state index is 0.0987. The quantitative estimate of drug-likeness (QED) is 0.823. The number of carboxylic acid groups (broad SMARTS) is 1. The molecule has 0 aliphatic carbocycles. The van der Waals surface area contributed by atoms with Crippen LogP contribution in [0.2, 0.25) is 5.02 Å². The first-order valence-corrected chi connectivity index (χ1v) is 5.70. The summed E-state index contributed by atoms with van der Waals surface area (Å²) < 4.78 is 5.19. The van der Waals surface area contributed by atoms with Crippen LogP contribution in [0.15, 0.2) is 24.3 Å². The third-order valence-electron chi connectivity index (χ3n) is 2.33. The fourth-order valence-electron chi connectivity index (χ4n) is 1.31. The van der Waals surface area contributed by atoms with Gasteiger partial charge in [0.2, 0.25) is 0 Å². The number of anilines is 1. The van der Waals surface area contributed by atoms with Gasteiger partial charge in [0.15, 0.2) is 5.54 Å². The minimum Gasteiger partial charge on any atom is -0.479 e. The number of carboxylic acids is 1. The van der Waals surface area contributed by atoms with Gasteiger partial charge in [-0.15, -0.1) is 0 Å². The molecule has 0 bridgehead atoms. The van der Waals surface area contributed by atoms with E-state index in [1.54, 1.807) is 31.2 Å². The molecule has 1 unspecified atom stereocenters. The van der Waals surface area contributed by atoms with Crippen molar-refractivity contribution in [2.45, 2.75) is 19.4 Å². The molecular weight excluding hydrogens is 242 g/mol. The van der Waals surface area contributed by atoms with Crippen LogP contribution in [-0.2, 0) is 9.53 Å². The largest absolute Gasteiger partial charge is 0.479 e. The Kier molecular flexibility index (Phi) is 4.78. The second-order valence-corrected chi connectivity index (χ2v) is 4.34. The molecule has 17 heavy (non-hydrogen) atoms. The standard InChI is InChI=1S/C12H16ClNO3/c1-3-17-8-12(2,11(15)16)14-10-6-4-9(13)5-7-10/h4-7,14H,3,8H2,1-2H3,(H,15,16). The van der Waals surface area contributed by atoms with E-state index in [0.717, 1.165) is 0 Å². The van der Waals surface area contributed by atoms with Crippen molar-refractivity contribution in [3.63, 3.8) is 0 Å². The molecule has 1 aromatic carbocycles. The van der Waals surface area contributed by atoms with E-state index in [0.29, 0.717) is 17.3 Å². The molecule has 0 amide bonds. The third kappa shape index (κ3) is 3.91. The SMILES string of the molecule is CCOCC(C)(Nc1ccc(Cl)cc1)C(=O)O. The Labute approximate surface area is 106 Å². The number of carbonyl (C=O) groups is 1. The Morgan fingerprint density at radius 2 is 2.06 bits per heavy atom. The Morgan fingerprint density at radius 3 is 2.53 bits per heavy atom. The number of halogens is 1. The molecule has 5 heteroatoms. The number of nitrogens with one attached hydrogen (secondary N) is 1. The van der Waals surface area contributed by atoms with E-state index in [4.69, 9.17) is 16.3 Å². The van der Waals surface area contributed by atoms with Crippen molar-refractivity contribution in [2.24, 2.45) is 0 Å². The number of hydrogen-bond acceptors (Lipinski definition) is 3. The van der Waals surface area contributed by atoms with E-state index in [-0.39, 0.29) is 6.61 Å². The lowest BCUT2D eigenvalue weighted by atomic mass is 10.0. The van der Waals surface area contributed by atoms with Crippen molar-refractivity contribution < 1.29 is 14.6 Å². The molecule has 0 aromatic heterocycles. The Hall–Kier alpha value is -1.26. The highest BCUT2D eigenvalue weighted by Crippen LogP contribution is 2.19. The lowest BCUT2D eigenvalue weighted by Crippen LogP contribution is -2.47. The predicted octanol–water partition coefficient (Wildman–Crippen LogP) is 2.63. The minimum atomic E-state index is -1.15. The maximum absolute atomic E-state index is 11.2. The molecular formula is C12H16ClNO3. The highest BCUT2D eigenvalue weighted by Gasteiger charge is 2.33. The number of hydrogen-bond donors (Lipinski definition) is 2. The molecule has 0 saturated carbocycles. The van der Waals surface area contributed by atoms with Gasteiger partial charge in [0.25, 0.3) is 0 Å². The van der Waals surface area contributed by atoms with Gasteiger partial charge in [-0.1, -0.05) is 11.6 Å². The van der Waals surface area contributed by atoms with Crippen LogP contribution in [0.1, 0.15) is 13.8 Å². The van der Waals surface area contributed by atoms with Crippen molar-refractivity contribution in [3.8, 4) is 0 Å². The first-order valence-electron chi connectivity index (χ1n) is 5.33. The average molecular weight is 258 g/mol. The lowest BCUT2D eigenvalue weighted by Gasteiger charge is -2.27.